The molecule has 0 aromatic carbocycles. The van der Waals surface area contributed by atoms with Crippen molar-refractivity contribution in [3.8, 4) is 0 Å². The van der Waals surface area contributed by atoms with Gasteiger partial charge in [0.2, 0.25) is 5.56 Å². The topological polar surface area (TPSA) is 58.9 Å². The number of aromatic amines is 1. The molecule has 2 aliphatic rings. The van der Waals surface area contributed by atoms with E-state index >= 15 is 0 Å². The highest BCUT2D eigenvalue weighted by atomic mass is 16.1. The summed E-state index contributed by atoms with van der Waals surface area (Å²) >= 11 is 0. The molecule has 0 aliphatic heterocycles. The maximum absolute atomic E-state index is 11.8. The average molecular weight is 249 g/mol. The fraction of sp³-hybridized carbons (Fsp3) is 0.400. The number of nitrogens with two attached hydrogens (primary N) is 1. The fourth-order valence-corrected chi connectivity index (χ4v) is 2.83. The Labute approximate surface area is 116 Å². The van der Waals surface area contributed by atoms with Crippen molar-refractivity contribution in [1.29, 1.82) is 0 Å². The average Bonchev–Trinajstić information content (AvgIpc) is 2.46. The third-order valence-electron chi connectivity index (χ3n) is 3.55. The monoisotopic (exact) mass is 249 g/mol. The van der Waals surface area contributed by atoms with Crippen LogP contribution in [0, 0.1) is 5.92 Å². The highest BCUT2D eigenvalue weighted by Crippen LogP contribution is 2.47. The molecule has 3 N–H and O–H groups in total. The van der Waals surface area contributed by atoms with Crippen LogP contribution in [0.2, 0.25) is 0 Å². The van der Waals surface area contributed by atoms with Crippen molar-refractivity contribution >= 4 is 0 Å². The van der Waals surface area contributed by atoms with Gasteiger partial charge in [-0.05, 0) is 43.8 Å². The van der Waals surface area contributed by atoms with E-state index in [1.54, 1.807) is 13.0 Å². The Balaban J connectivity index is 2.46. The first-order chi connectivity index (χ1) is 11.4. The van der Waals surface area contributed by atoms with Crippen LogP contribution in [-0.2, 0) is 12.0 Å². The maximum Gasteiger partial charge on any atom is 0.248 e. The quantitative estimate of drug-likeness (QED) is 0.691. The molecule has 2 aliphatic carbocycles. The number of fused-ring (bicyclic) bond motifs is 4. The summed E-state index contributed by atoms with van der Waals surface area (Å²) in [4.78, 5) is 14.3. The Hall–Kier alpha value is -1.61. The lowest BCUT2D eigenvalue weighted by Crippen LogP contribution is -2.48. The zero-order valence-electron chi connectivity index (χ0n) is 16.9. The predicted molar refractivity (Wildman–Crippen MR) is 72.3 cm³/mol. The number of rotatable bonds is 0. The SMILES string of the molecule is [2H]C1=C(C([2H])([2H])[2H])C([2H])([2H])[C@@]2(N)/C(=C/C)[C@@H]1Cc1[nH]c(=O)c([2H])cc12. The number of hydrogen-bond acceptors (Lipinski definition) is 2. The number of hydrogen-bond donors (Lipinski definition) is 2. The van der Waals surface area contributed by atoms with E-state index in [1.165, 1.54) is 6.07 Å². The Morgan fingerprint density at radius 3 is 3.33 bits per heavy atom. The summed E-state index contributed by atoms with van der Waals surface area (Å²) in [5.41, 5.74) is 4.33. The van der Waals surface area contributed by atoms with Crippen LogP contribution in [0.1, 0.15) is 41.0 Å². The van der Waals surface area contributed by atoms with Crippen LogP contribution in [0.3, 0.4) is 0 Å². The molecule has 1 aromatic rings. The molecular formula is C15H18N2O. The van der Waals surface area contributed by atoms with Gasteiger partial charge in [0.25, 0.3) is 0 Å². The smallest absolute Gasteiger partial charge is 0.248 e. The molecule has 1 heterocycles. The molecule has 2 bridgehead atoms. The molecule has 1 aromatic heterocycles. The summed E-state index contributed by atoms with van der Waals surface area (Å²) in [6.45, 7) is -1.15. The van der Waals surface area contributed by atoms with Gasteiger partial charge in [-0.15, -0.1) is 0 Å². The van der Waals surface area contributed by atoms with E-state index in [2.05, 4.69) is 4.98 Å². The van der Waals surface area contributed by atoms with E-state index in [0.29, 0.717) is 11.3 Å². The summed E-state index contributed by atoms with van der Waals surface area (Å²) in [7, 11) is 0. The van der Waals surface area contributed by atoms with E-state index < -0.39 is 35.8 Å². The minimum atomic E-state index is -2.81. The van der Waals surface area contributed by atoms with Gasteiger partial charge >= 0.3 is 0 Å². The normalized spacial score (nSPS) is 41.8. The van der Waals surface area contributed by atoms with Crippen LogP contribution >= 0.6 is 0 Å². The molecule has 0 unspecified atom stereocenters. The lowest BCUT2D eigenvalue weighted by atomic mass is 9.63. The standard InChI is InChI=1S/C15H18N2O/c1-3-11-10-6-9(2)8-15(11,16)12-4-5-14(18)17-13(12)7-10/h3-6,10H,7-8,16H2,1-2H3,(H,17,18)/b11-3+/t10-,15+/m0/s1/i2D3,5D,6D,8D2. The summed E-state index contributed by atoms with van der Waals surface area (Å²) in [5, 5.41) is 0. The van der Waals surface area contributed by atoms with Crippen LogP contribution < -0.4 is 11.3 Å². The molecule has 0 radical (unpaired) electrons. The number of aromatic nitrogens is 1. The van der Waals surface area contributed by atoms with Gasteiger partial charge in [0.05, 0.1) is 8.28 Å². The molecule has 0 saturated carbocycles. The first kappa shape index (κ1) is 6.02. The molecule has 94 valence electrons. The number of allylic oxidation sites excluding steroid dienone is 2. The van der Waals surface area contributed by atoms with E-state index in [4.69, 9.17) is 15.3 Å². The van der Waals surface area contributed by atoms with Crippen LogP contribution in [0.15, 0.2) is 40.2 Å². The van der Waals surface area contributed by atoms with E-state index in [9.17, 15) is 4.79 Å². The zero-order chi connectivity index (χ0) is 18.9. The van der Waals surface area contributed by atoms with Gasteiger partial charge in [-0.1, -0.05) is 17.7 Å². The molecule has 3 heteroatoms. The number of H-pyrrole nitrogens is 1. The molecule has 18 heavy (non-hydrogen) atoms. The van der Waals surface area contributed by atoms with Gasteiger partial charge in [-0.2, -0.15) is 0 Å². The van der Waals surface area contributed by atoms with Gasteiger partial charge in [0.1, 0.15) is 0 Å². The van der Waals surface area contributed by atoms with E-state index in [-0.39, 0.29) is 24.1 Å². The molecule has 3 nitrogen and oxygen atoms in total. The van der Waals surface area contributed by atoms with Gasteiger partial charge < -0.3 is 10.7 Å². The van der Waals surface area contributed by atoms with Gasteiger partial charge in [-0.3, -0.25) is 4.79 Å². The minimum Gasteiger partial charge on any atom is -0.326 e. The van der Waals surface area contributed by atoms with Crippen molar-refractivity contribution in [3.63, 3.8) is 0 Å². The maximum atomic E-state index is 11.8. The van der Waals surface area contributed by atoms with Crippen LogP contribution in [0.25, 0.3) is 0 Å². The molecule has 3 rings (SSSR count). The van der Waals surface area contributed by atoms with Crippen molar-refractivity contribution in [2.24, 2.45) is 11.7 Å². The summed E-state index contributed by atoms with van der Waals surface area (Å²) in [6.07, 6.45) is -0.837. The largest absolute Gasteiger partial charge is 0.326 e. The third-order valence-corrected chi connectivity index (χ3v) is 3.55. The van der Waals surface area contributed by atoms with Crippen molar-refractivity contribution in [3.05, 3.63) is 57.0 Å². The van der Waals surface area contributed by atoms with Crippen molar-refractivity contribution in [2.75, 3.05) is 0 Å². The van der Waals surface area contributed by atoms with Gasteiger partial charge in [0.15, 0.2) is 0 Å². The fourth-order valence-electron chi connectivity index (χ4n) is 2.83. The highest BCUT2D eigenvalue weighted by molar-refractivity contribution is 5.48. The molecular weight excluding hydrogens is 224 g/mol. The molecule has 0 saturated heterocycles. The van der Waals surface area contributed by atoms with Crippen molar-refractivity contribution in [1.82, 2.24) is 4.98 Å². The summed E-state index contributed by atoms with van der Waals surface area (Å²) in [6, 6.07) is 0.516. The first-order valence-electron chi connectivity index (χ1n) is 9.28. The van der Waals surface area contributed by atoms with Crippen LogP contribution in [0.5, 0.6) is 0 Å². The van der Waals surface area contributed by atoms with E-state index in [1.807, 2.05) is 0 Å². The third kappa shape index (κ3) is 1.44. The molecule has 0 spiro atoms. The lowest BCUT2D eigenvalue weighted by molar-refractivity contribution is 0.409. The van der Waals surface area contributed by atoms with E-state index in [0.717, 1.165) is 0 Å². The van der Waals surface area contributed by atoms with Crippen LogP contribution in [-0.4, -0.2) is 4.98 Å². The Bertz CT molecular complexity index is 881. The minimum absolute atomic E-state index is 0.137. The second kappa shape index (κ2) is 3.69. The second-order valence-electron chi connectivity index (χ2n) is 4.59. The van der Waals surface area contributed by atoms with Gasteiger partial charge in [0, 0.05) is 24.5 Å². The second-order valence-corrected chi connectivity index (χ2v) is 4.59. The number of nitrogens with one attached hydrogen (secondary N) is 1. The number of pyridine rings is 1. The first-order valence-corrected chi connectivity index (χ1v) is 5.78. The Morgan fingerprint density at radius 2 is 2.61 bits per heavy atom. The van der Waals surface area contributed by atoms with Crippen molar-refractivity contribution in [2.45, 2.75) is 32.1 Å². The molecule has 0 amide bonds. The van der Waals surface area contributed by atoms with Gasteiger partial charge in [-0.25, -0.2) is 0 Å². The Kier molecular flexibility index (Phi) is 1.23. The lowest BCUT2D eigenvalue weighted by Gasteiger charge is -2.45. The zero-order valence-corrected chi connectivity index (χ0v) is 9.92. The van der Waals surface area contributed by atoms with Crippen LogP contribution in [0.4, 0.5) is 0 Å². The summed E-state index contributed by atoms with van der Waals surface area (Å²) < 4.78 is 56.3. The molecule has 2 atom stereocenters. The Morgan fingerprint density at radius 1 is 1.78 bits per heavy atom. The molecule has 0 fully saturated rings. The van der Waals surface area contributed by atoms with Crippen molar-refractivity contribution < 1.29 is 9.60 Å². The highest BCUT2D eigenvalue weighted by Gasteiger charge is 2.43. The predicted octanol–water partition coefficient (Wildman–Crippen LogP) is 2.00. The summed E-state index contributed by atoms with van der Waals surface area (Å²) in [5.74, 6) is -0.728.